The molecule has 0 fully saturated rings. The normalized spacial score (nSPS) is 15.4. The summed E-state index contributed by atoms with van der Waals surface area (Å²) in [6.07, 6.45) is 8.66. The van der Waals surface area contributed by atoms with Crippen molar-refractivity contribution in [3.05, 3.63) is 94.9 Å². The minimum absolute atomic E-state index is 0.0683. The van der Waals surface area contributed by atoms with Crippen LogP contribution in [-0.2, 0) is 11.2 Å². The van der Waals surface area contributed by atoms with Gasteiger partial charge in [-0.3, -0.25) is 4.79 Å². The van der Waals surface area contributed by atoms with Crippen LogP contribution in [0.1, 0.15) is 34.8 Å². The van der Waals surface area contributed by atoms with Crippen molar-refractivity contribution in [3.8, 4) is 5.69 Å². The van der Waals surface area contributed by atoms with Crippen molar-refractivity contribution in [2.75, 3.05) is 0 Å². The molecule has 0 saturated heterocycles. The second kappa shape index (κ2) is 7.53. The third-order valence-electron chi connectivity index (χ3n) is 5.08. The van der Waals surface area contributed by atoms with Crippen LogP contribution in [-0.4, -0.2) is 15.5 Å². The number of fused-ring (bicyclic) bond motifs is 1. The van der Waals surface area contributed by atoms with E-state index in [2.05, 4.69) is 27.3 Å². The minimum Gasteiger partial charge on any atom is -0.346 e. The Bertz CT molecular complexity index is 1100. The molecular weight excluding hydrogens is 348 g/mol. The van der Waals surface area contributed by atoms with Crippen molar-refractivity contribution >= 4 is 17.7 Å². The lowest BCUT2D eigenvalue weighted by atomic mass is 10.1. The zero-order chi connectivity index (χ0) is 19.5. The highest BCUT2D eigenvalue weighted by Gasteiger charge is 2.22. The summed E-state index contributed by atoms with van der Waals surface area (Å²) in [4.78, 5) is 20.1. The van der Waals surface area contributed by atoms with Crippen LogP contribution < -0.4 is 5.32 Å². The molecule has 0 saturated carbocycles. The molecule has 28 heavy (non-hydrogen) atoms. The molecule has 0 aliphatic heterocycles. The average Bonchev–Trinajstić information content (AvgIpc) is 3.32. The fraction of sp³-hybridized carbons (Fsp3) is 0.174. The number of aryl methyl sites for hydroxylation is 2. The van der Waals surface area contributed by atoms with E-state index < -0.39 is 0 Å². The quantitative estimate of drug-likeness (QED) is 0.543. The van der Waals surface area contributed by atoms with Gasteiger partial charge in [-0.05, 0) is 48.6 Å². The lowest BCUT2D eigenvalue weighted by Crippen LogP contribution is -2.25. The van der Waals surface area contributed by atoms with Crippen LogP contribution in [0.15, 0.2) is 61.1 Å². The number of benzene rings is 2. The van der Waals surface area contributed by atoms with Crippen LogP contribution >= 0.6 is 0 Å². The van der Waals surface area contributed by atoms with Crippen molar-refractivity contribution in [2.24, 2.45) is 0 Å². The SMILES string of the molecule is [C-]#[N+]c1cc(C=CC(=O)NC2CCc3ccccc32)ccc1-n1cncc1C. The number of carbonyl (C=O) groups is 1. The van der Waals surface area contributed by atoms with Gasteiger partial charge in [0, 0.05) is 18.0 Å². The molecule has 138 valence electrons. The third kappa shape index (κ3) is 3.45. The molecule has 0 radical (unpaired) electrons. The van der Waals surface area contributed by atoms with E-state index in [4.69, 9.17) is 6.57 Å². The minimum atomic E-state index is -0.124. The molecule has 1 unspecified atom stereocenters. The maximum Gasteiger partial charge on any atom is 0.244 e. The van der Waals surface area contributed by atoms with Crippen LogP contribution in [0.25, 0.3) is 16.6 Å². The molecule has 0 spiro atoms. The zero-order valence-electron chi connectivity index (χ0n) is 15.6. The number of nitrogens with zero attached hydrogens (tertiary/aromatic N) is 3. The predicted molar refractivity (Wildman–Crippen MR) is 109 cm³/mol. The maximum absolute atomic E-state index is 12.4. The van der Waals surface area contributed by atoms with Crippen molar-refractivity contribution in [3.63, 3.8) is 0 Å². The van der Waals surface area contributed by atoms with Crippen LogP contribution in [0.3, 0.4) is 0 Å². The molecule has 0 bridgehead atoms. The standard InChI is InChI=1S/C23H20N4O/c1-16-14-25-15-27(16)22-11-7-17(13-21(22)24-2)8-12-23(28)26-20-10-9-18-5-3-4-6-19(18)20/h3-8,11-15,20H,9-10H2,1H3,(H,26,28). The molecular formula is C23H20N4O. The Labute approximate surface area is 164 Å². The van der Waals surface area contributed by atoms with Crippen molar-refractivity contribution in [1.29, 1.82) is 0 Å². The number of amides is 1. The van der Waals surface area contributed by atoms with Gasteiger partial charge in [-0.2, -0.15) is 0 Å². The molecule has 5 heteroatoms. The van der Waals surface area contributed by atoms with Gasteiger partial charge in [0.1, 0.15) is 0 Å². The highest BCUT2D eigenvalue weighted by molar-refractivity contribution is 5.92. The molecule has 4 rings (SSSR count). The predicted octanol–water partition coefficient (Wildman–Crippen LogP) is 4.55. The van der Waals surface area contributed by atoms with Crippen molar-refractivity contribution in [1.82, 2.24) is 14.9 Å². The first-order chi connectivity index (χ1) is 13.7. The van der Waals surface area contributed by atoms with Gasteiger partial charge < -0.3 is 9.88 Å². The summed E-state index contributed by atoms with van der Waals surface area (Å²) in [5, 5.41) is 3.08. The molecule has 2 aromatic carbocycles. The first kappa shape index (κ1) is 17.7. The van der Waals surface area contributed by atoms with Crippen LogP contribution in [0.2, 0.25) is 0 Å². The Hall–Kier alpha value is -3.65. The lowest BCUT2D eigenvalue weighted by Gasteiger charge is -2.12. The molecule has 1 amide bonds. The van der Waals surface area contributed by atoms with E-state index in [1.807, 2.05) is 35.8 Å². The molecule has 1 atom stereocenters. The Morgan fingerprint density at radius 1 is 1.32 bits per heavy atom. The number of hydrogen-bond donors (Lipinski definition) is 1. The summed E-state index contributed by atoms with van der Waals surface area (Å²) >= 11 is 0. The van der Waals surface area contributed by atoms with E-state index in [-0.39, 0.29) is 11.9 Å². The topological polar surface area (TPSA) is 51.3 Å². The van der Waals surface area contributed by atoms with E-state index >= 15 is 0 Å². The zero-order valence-corrected chi connectivity index (χ0v) is 15.6. The average molecular weight is 368 g/mol. The van der Waals surface area contributed by atoms with Gasteiger partial charge in [-0.25, -0.2) is 9.83 Å². The smallest absolute Gasteiger partial charge is 0.244 e. The fourth-order valence-corrected chi connectivity index (χ4v) is 3.65. The van der Waals surface area contributed by atoms with E-state index in [0.717, 1.165) is 29.8 Å². The number of imidazole rings is 1. The lowest BCUT2D eigenvalue weighted by molar-refractivity contribution is -0.117. The van der Waals surface area contributed by atoms with E-state index in [1.165, 1.54) is 17.2 Å². The molecule has 5 nitrogen and oxygen atoms in total. The molecule has 1 aliphatic rings. The summed E-state index contributed by atoms with van der Waals surface area (Å²) in [6.45, 7) is 9.42. The highest BCUT2D eigenvalue weighted by atomic mass is 16.1. The molecule has 3 aromatic rings. The third-order valence-corrected chi connectivity index (χ3v) is 5.08. The number of hydrogen-bond acceptors (Lipinski definition) is 2. The molecule has 1 heterocycles. The summed E-state index contributed by atoms with van der Waals surface area (Å²) in [7, 11) is 0. The molecule has 1 aliphatic carbocycles. The van der Waals surface area contributed by atoms with Gasteiger partial charge in [-0.15, -0.1) is 0 Å². The van der Waals surface area contributed by atoms with Crippen LogP contribution in [0, 0.1) is 13.5 Å². The fourth-order valence-electron chi connectivity index (χ4n) is 3.65. The van der Waals surface area contributed by atoms with Gasteiger partial charge in [0.25, 0.3) is 0 Å². The number of carbonyl (C=O) groups excluding carboxylic acids is 1. The van der Waals surface area contributed by atoms with E-state index in [0.29, 0.717) is 5.69 Å². The maximum atomic E-state index is 12.4. The monoisotopic (exact) mass is 368 g/mol. The second-order valence-corrected chi connectivity index (χ2v) is 6.90. The second-order valence-electron chi connectivity index (χ2n) is 6.90. The van der Waals surface area contributed by atoms with Gasteiger partial charge in [0.15, 0.2) is 0 Å². The van der Waals surface area contributed by atoms with Crippen LogP contribution in [0.5, 0.6) is 0 Å². The summed E-state index contributed by atoms with van der Waals surface area (Å²) in [5.74, 6) is -0.124. The summed E-state index contributed by atoms with van der Waals surface area (Å²) < 4.78 is 1.88. The molecule has 1 aromatic heterocycles. The van der Waals surface area contributed by atoms with Gasteiger partial charge in [-0.1, -0.05) is 36.4 Å². The number of rotatable bonds is 4. The van der Waals surface area contributed by atoms with Gasteiger partial charge in [0.05, 0.1) is 24.6 Å². The van der Waals surface area contributed by atoms with Crippen molar-refractivity contribution < 1.29 is 4.79 Å². The number of nitrogens with one attached hydrogen (secondary N) is 1. The molecule has 1 N–H and O–H groups in total. The highest BCUT2D eigenvalue weighted by Crippen LogP contribution is 2.30. The van der Waals surface area contributed by atoms with Crippen LogP contribution in [0.4, 0.5) is 5.69 Å². The van der Waals surface area contributed by atoms with Gasteiger partial charge in [0.2, 0.25) is 11.6 Å². The Kier molecular flexibility index (Phi) is 4.77. The first-order valence-corrected chi connectivity index (χ1v) is 9.23. The van der Waals surface area contributed by atoms with Gasteiger partial charge >= 0.3 is 0 Å². The summed E-state index contributed by atoms with van der Waals surface area (Å²) in [5.41, 5.74) is 5.60. The Morgan fingerprint density at radius 2 is 2.18 bits per heavy atom. The first-order valence-electron chi connectivity index (χ1n) is 9.23. The van der Waals surface area contributed by atoms with Crippen molar-refractivity contribution in [2.45, 2.75) is 25.8 Å². The Balaban J connectivity index is 1.48. The summed E-state index contributed by atoms with van der Waals surface area (Å²) in [6, 6.07) is 13.9. The largest absolute Gasteiger partial charge is 0.346 e. The Morgan fingerprint density at radius 3 is 2.96 bits per heavy atom. The number of aromatic nitrogens is 2. The van der Waals surface area contributed by atoms with E-state index in [9.17, 15) is 4.79 Å². The van der Waals surface area contributed by atoms with E-state index in [1.54, 1.807) is 24.7 Å².